The molecule has 2 heterocycles. The van der Waals surface area contributed by atoms with E-state index in [-0.39, 0.29) is 11.8 Å². The van der Waals surface area contributed by atoms with E-state index < -0.39 is 0 Å². The highest BCUT2D eigenvalue weighted by Gasteiger charge is 2.26. The van der Waals surface area contributed by atoms with Gasteiger partial charge in [0, 0.05) is 36.3 Å². The van der Waals surface area contributed by atoms with E-state index in [1.54, 1.807) is 31.6 Å². The summed E-state index contributed by atoms with van der Waals surface area (Å²) >= 11 is 6.16. The lowest BCUT2D eigenvalue weighted by Crippen LogP contribution is -2.38. The zero-order valence-corrected chi connectivity index (χ0v) is 18.4. The quantitative estimate of drug-likeness (QED) is 0.611. The highest BCUT2D eigenvalue weighted by Crippen LogP contribution is 2.29. The van der Waals surface area contributed by atoms with Crippen molar-refractivity contribution >= 4 is 29.0 Å². The molecule has 1 fully saturated rings. The van der Waals surface area contributed by atoms with Gasteiger partial charge in [-0.1, -0.05) is 35.4 Å². The molecule has 3 aromatic rings. The van der Waals surface area contributed by atoms with Gasteiger partial charge in [0.05, 0.1) is 17.8 Å². The molecule has 1 amide bonds. The van der Waals surface area contributed by atoms with E-state index in [9.17, 15) is 4.79 Å². The third kappa shape index (κ3) is 4.97. The Balaban J connectivity index is 1.38. The normalized spacial score (nSPS) is 14.4. The molecule has 6 nitrogen and oxygen atoms in total. The minimum atomic E-state index is -0.0461. The zero-order valence-electron chi connectivity index (χ0n) is 17.6. The van der Waals surface area contributed by atoms with Gasteiger partial charge in [0.2, 0.25) is 5.91 Å². The SMILES string of the molecule is COc1ccc(NC(=O)C2CCN(c3cc(-c4cccc(C)c4)ncn3)CC2)cc1Cl. The molecule has 0 radical (unpaired) electrons. The number of aryl methyl sites for hydroxylation is 1. The number of halogens is 1. The van der Waals surface area contributed by atoms with Crippen LogP contribution in [0.25, 0.3) is 11.3 Å². The van der Waals surface area contributed by atoms with Crippen molar-refractivity contribution < 1.29 is 9.53 Å². The molecule has 0 saturated carbocycles. The van der Waals surface area contributed by atoms with Gasteiger partial charge in [-0.25, -0.2) is 9.97 Å². The standard InChI is InChI=1S/C24H25ClN4O2/c1-16-4-3-5-18(12-16)21-14-23(27-15-26-21)29-10-8-17(9-11-29)24(30)28-19-6-7-22(31-2)20(25)13-19/h3-7,12-15,17H,8-11H2,1-2H3,(H,28,30). The largest absolute Gasteiger partial charge is 0.495 e. The maximum Gasteiger partial charge on any atom is 0.227 e. The number of rotatable bonds is 5. The Labute approximate surface area is 187 Å². The van der Waals surface area contributed by atoms with E-state index in [0.29, 0.717) is 16.5 Å². The van der Waals surface area contributed by atoms with Crippen LogP contribution in [0.15, 0.2) is 54.9 Å². The van der Waals surface area contributed by atoms with Gasteiger partial charge in [-0.15, -0.1) is 0 Å². The highest BCUT2D eigenvalue weighted by molar-refractivity contribution is 6.32. The van der Waals surface area contributed by atoms with Crippen molar-refractivity contribution in [1.29, 1.82) is 0 Å². The number of amides is 1. The lowest BCUT2D eigenvalue weighted by Gasteiger charge is -2.32. The van der Waals surface area contributed by atoms with Crippen molar-refractivity contribution in [1.82, 2.24) is 9.97 Å². The van der Waals surface area contributed by atoms with Crippen LogP contribution in [0.3, 0.4) is 0 Å². The predicted molar refractivity (Wildman–Crippen MR) is 124 cm³/mol. The fourth-order valence-electron chi connectivity index (χ4n) is 3.84. The van der Waals surface area contributed by atoms with Gasteiger partial charge >= 0.3 is 0 Å². The summed E-state index contributed by atoms with van der Waals surface area (Å²) < 4.78 is 5.16. The summed E-state index contributed by atoms with van der Waals surface area (Å²) in [6, 6.07) is 15.6. The van der Waals surface area contributed by atoms with Crippen molar-refractivity contribution in [3.8, 4) is 17.0 Å². The molecule has 160 valence electrons. The number of methoxy groups -OCH3 is 1. The number of carbonyl (C=O) groups excluding carboxylic acids is 1. The molecular formula is C24H25ClN4O2. The molecule has 4 rings (SSSR count). The van der Waals surface area contributed by atoms with Gasteiger partial charge in [0.15, 0.2) is 0 Å². The van der Waals surface area contributed by atoms with Crippen LogP contribution in [-0.2, 0) is 4.79 Å². The smallest absolute Gasteiger partial charge is 0.227 e. The van der Waals surface area contributed by atoms with Crippen molar-refractivity contribution in [2.24, 2.45) is 5.92 Å². The lowest BCUT2D eigenvalue weighted by atomic mass is 9.95. The van der Waals surface area contributed by atoms with E-state index >= 15 is 0 Å². The molecule has 0 spiro atoms. The van der Waals surface area contributed by atoms with Crippen LogP contribution in [0.4, 0.5) is 11.5 Å². The van der Waals surface area contributed by atoms with Gasteiger partial charge < -0.3 is 15.0 Å². The third-order valence-electron chi connectivity index (χ3n) is 5.58. The Morgan fingerprint density at radius 2 is 1.94 bits per heavy atom. The molecule has 0 bridgehead atoms. The number of hydrogen-bond donors (Lipinski definition) is 1. The van der Waals surface area contributed by atoms with E-state index in [4.69, 9.17) is 16.3 Å². The summed E-state index contributed by atoms with van der Waals surface area (Å²) in [7, 11) is 1.56. The molecule has 2 aromatic carbocycles. The Morgan fingerprint density at radius 1 is 1.13 bits per heavy atom. The number of piperidine rings is 1. The summed E-state index contributed by atoms with van der Waals surface area (Å²) in [5.74, 6) is 1.45. The maximum atomic E-state index is 12.7. The minimum Gasteiger partial charge on any atom is -0.495 e. The number of nitrogens with zero attached hydrogens (tertiary/aromatic N) is 3. The Bertz CT molecular complexity index is 1080. The van der Waals surface area contributed by atoms with Crippen molar-refractivity contribution in [3.63, 3.8) is 0 Å². The Morgan fingerprint density at radius 3 is 2.65 bits per heavy atom. The summed E-state index contributed by atoms with van der Waals surface area (Å²) in [4.78, 5) is 23.8. The summed E-state index contributed by atoms with van der Waals surface area (Å²) in [5.41, 5.74) is 3.86. The molecular weight excluding hydrogens is 412 g/mol. The summed E-state index contributed by atoms with van der Waals surface area (Å²) in [6.45, 7) is 3.61. The summed E-state index contributed by atoms with van der Waals surface area (Å²) in [6.07, 6.45) is 3.14. The minimum absolute atomic E-state index is 0.0176. The highest BCUT2D eigenvalue weighted by atomic mass is 35.5. The summed E-state index contributed by atoms with van der Waals surface area (Å²) in [5, 5.41) is 3.45. The van der Waals surface area contributed by atoms with Crippen LogP contribution in [0, 0.1) is 12.8 Å². The number of aromatic nitrogens is 2. The number of benzene rings is 2. The first kappa shape index (κ1) is 21.1. The van der Waals surface area contributed by atoms with Crippen LogP contribution in [0.5, 0.6) is 5.75 Å². The van der Waals surface area contributed by atoms with Crippen molar-refractivity contribution in [2.45, 2.75) is 19.8 Å². The van der Waals surface area contributed by atoms with Crippen LogP contribution < -0.4 is 15.0 Å². The van der Waals surface area contributed by atoms with Gasteiger partial charge in [0.1, 0.15) is 17.9 Å². The average molecular weight is 437 g/mol. The molecule has 1 aromatic heterocycles. The van der Waals surface area contributed by atoms with E-state index in [2.05, 4.69) is 45.3 Å². The number of carbonyl (C=O) groups is 1. The number of anilines is 2. The van der Waals surface area contributed by atoms with Crippen LogP contribution >= 0.6 is 11.6 Å². The van der Waals surface area contributed by atoms with Crippen molar-refractivity contribution in [3.05, 3.63) is 65.4 Å². The second-order valence-corrected chi connectivity index (χ2v) is 8.14. The molecule has 1 aliphatic rings. The van der Waals surface area contributed by atoms with E-state index in [0.717, 1.165) is 43.0 Å². The monoisotopic (exact) mass is 436 g/mol. The van der Waals surface area contributed by atoms with E-state index in [1.807, 2.05) is 12.1 Å². The number of ether oxygens (including phenoxy) is 1. The van der Waals surface area contributed by atoms with Crippen LogP contribution in [0.1, 0.15) is 18.4 Å². The first-order chi connectivity index (χ1) is 15.0. The number of nitrogens with one attached hydrogen (secondary N) is 1. The molecule has 1 aliphatic heterocycles. The zero-order chi connectivity index (χ0) is 21.8. The van der Waals surface area contributed by atoms with Gasteiger partial charge in [-0.05, 0) is 44.0 Å². The van der Waals surface area contributed by atoms with Gasteiger partial charge in [-0.2, -0.15) is 0 Å². The van der Waals surface area contributed by atoms with Crippen molar-refractivity contribution in [2.75, 3.05) is 30.4 Å². The van der Waals surface area contributed by atoms with Crippen LogP contribution in [0.2, 0.25) is 5.02 Å². The topological polar surface area (TPSA) is 67.3 Å². The second-order valence-electron chi connectivity index (χ2n) is 7.73. The Hall–Kier alpha value is -3.12. The molecule has 1 saturated heterocycles. The first-order valence-corrected chi connectivity index (χ1v) is 10.7. The van der Waals surface area contributed by atoms with Gasteiger partial charge in [0.25, 0.3) is 0 Å². The fourth-order valence-corrected chi connectivity index (χ4v) is 4.10. The molecule has 0 atom stereocenters. The molecule has 7 heteroatoms. The Kier molecular flexibility index (Phi) is 6.37. The second kappa shape index (κ2) is 9.35. The molecule has 0 unspecified atom stereocenters. The number of hydrogen-bond acceptors (Lipinski definition) is 5. The molecule has 0 aliphatic carbocycles. The lowest BCUT2D eigenvalue weighted by molar-refractivity contribution is -0.120. The maximum absolute atomic E-state index is 12.7. The molecule has 31 heavy (non-hydrogen) atoms. The third-order valence-corrected chi connectivity index (χ3v) is 5.87. The fraction of sp³-hybridized carbons (Fsp3) is 0.292. The first-order valence-electron chi connectivity index (χ1n) is 10.3. The van der Waals surface area contributed by atoms with Gasteiger partial charge in [-0.3, -0.25) is 4.79 Å². The van der Waals surface area contributed by atoms with Crippen LogP contribution in [-0.4, -0.2) is 36.1 Å². The van der Waals surface area contributed by atoms with E-state index in [1.165, 1.54) is 5.56 Å². The average Bonchev–Trinajstić information content (AvgIpc) is 2.79. The predicted octanol–water partition coefficient (Wildman–Crippen LogP) is 4.97. The molecule has 1 N–H and O–H groups in total.